The smallest absolute Gasteiger partial charge is 0.435 e. The fraction of sp³-hybridized carbons (Fsp3) is 0.211. The second-order valence-electron chi connectivity index (χ2n) is 4.85. The molecule has 0 bridgehead atoms. The Kier molecular flexibility index (Phi) is 6.39. The van der Waals surface area contributed by atoms with Crippen molar-refractivity contribution in [3.8, 4) is 0 Å². The van der Waals surface area contributed by atoms with Gasteiger partial charge in [-0.15, -0.1) is 0 Å². The van der Waals surface area contributed by atoms with Gasteiger partial charge in [-0.1, -0.05) is 66.7 Å². The van der Waals surface area contributed by atoms with Crippen LogP contribution in [-0.2, 0) is 9.47 Å². The number of hydrogen-bond donors (Lipinski definition) is 1. The van der Waals surface area contributed by atoms with Crippen LogP contribution in [0.4, 0.5) is 4.79 Å². The van der Waals surface area contributed by atoms with Gasteiger partial charge < -0.3 is 15.2 Å². The van der Waals surface area contributed by atoms with Gasteiger partial charge >= 0.3 is 6.16 Å². The molecule has 2 aromatic carbocycles. The average Bonchev–Trinajstić information content (AvgIpc) is 2.60. The number of rotatable bonds is 6. The summed E-state index contributed by atoms with van der Waals surface area (Å²) in [6, 6.07) is 19.3. The lowest BCUT2D eigenvalue weighted by Crippen LogP contribution is -2.15. The van der Waals surface area contributed by atoms with E-state index in [2.05, 4.69) is 0 Å². The van der Waals surface area contributed by atoms with Gasteiger partial charge in [0.15, 0.2) is 6.10 Å². The average molecular weight is 311 g/mol. The Morgan fingerprint density at radius 1 is 1.09 bits per heavy atom. The molecule has 1 unspecified atom stereocenters. The molecule has 2 aromatic rings. The summed E-state index contributed by atoms with van der Waals surface area (Å²) in [6.07, 6.45) is 0.605. The summed E-state index contributed by atoms with van der Waals surface area (Å²) in [5.41, 5.74) is 8.38. The highest BCUT2D eigenvalue weighted by molar-refractivity contribution is 5.73. The monoisotopic (exact) mass is 311 g/mol. The van der Waals surface area contributed by atoms with Crippen molar-refractivity contribution < 1.29 is 14.3 Å². The maximum absolute atomic E-state index is 11.9. The highest BCUT2D eigenvalue weighted by Gasteiger charge is 2.23. The van der Waals surface area contributed by atoms with Gasteiger partial charge in [-0.05, 0) is 18.1 Å². The largest absolute Gasteiger partial charge is 0.509 e. The summed E-state index contributed by atoms with van der Waals surface area (Å²) in [6.45, 7) is 2.36. The van der Waals surface area contributed by atoms with Crippen molar-refractivity contribution in [1.82, 2.24) is 0 Å². The van der Waals surface area contributed by atoms with E-state index in [1.54, 1.807) is 6.92 Å². The number of benzene rings is 2. The number of carbonyl (C=O) groups is 1. The standard InChI is InChI=1S/C19H21NO3/c1-2-22-19(21)23-18(16-11-7-4-8-12-16)17(13-14-20)15-9-5-3-6-10-15/h3-13,18H,2,14,20H2,1H3/b17-13+. The van der Waals surface area contributed by atoms with Crippen molar-refractivity contribution >= 4 is 11.7 Å². The van der Waals surface area contributed by atoms with E-state index in [-0.39, 0.29) is 6.61 Å². The molecule has 0 saturated heterocycles. The molecule has 4 nitrogen and oxygen atoms in total. The van der Waals surface area contributed by atoms with Crippen LogP contribution in [0.1, 0.15) is 24.2 Å². The molecule has 1 atom stereocenters. The lowest BCUT2D eigenvalue weighted by Gasteiger charge is -2.21. The van der Waals surface area contributed by atoms with Crippen LogP contribution >= 0.6 is 0 Å². The third-order valence-electron chi connectivity index (χ3n) is 3.31. The van der Waals surface area contributed by atoms with Crippen LogP contribution < -0.4 is 5.73 Å². The van der Waals surface area contributed by atoms with Crippen molar-refractivity contribution in [2.45, 2.75) is 13.0 Å². The molecule has 0 radical (unpaired) electrons. The van der Waals surface area contributed by atoms with Crippen LogP contribution in [0, 0.1) is 0 Å². The zero-order valence-electron chi connectivity index (χ0n) is 13.1. The van der Waals surface area contributed by atoms with Gasteiger partial charge in [-0.2, -0.15) is 0 Å². The molecule has 4 heteroatoms. The molecule has 0 aliphatic rings. The van der Waals surface area contributed by atoms with E-state index in [1.165, 1.54) is 0 Å². The lowest BCUT2D eigenvalue weighted by molar-refractivity contribution is 0.0427. The van der Waals surface area contributed by atoms with Crippen LogP contribution in [0.5, 0.6) is 0 Å². The van der Waals surface area contributed by atoms with Crippen LogP contribution in [0.25, 0.3) is 5.57 Å². The molecule has 0 heterocycles. The predicted molar refractivity (Wildman–Crippen MR) is 90.8 cm³/mol. The summed E-state index contributed by atoms with van der Waals surface area (Å²) in [5.74, 6) is 0. The minimum absolute atomic E-state index is 0.265. The van der Waals surface area contributed by atoms with Crippen LogP contribution in [0.2, 0.25) is 0 Å². The van der Waals surface area contributed by atoms with Crippen molar-refractivity contribution in [3.63, 3.8) is 0 Å². The summed E-state index contributed by atoms with van der Waals surface area (Å²) in [7, 11) is 0. The summed E-state index contributed by atoms with van der Waals surface area (Å²) in [4.78, 5) is 11.9. The van der Waals surface area contributed by atoms with Crippen molar-refractivity contribution in [2.75, 3.05) is 13.2 Å². The molecular weight excluding hydrogens is 290 g/mol. The van der Waals surface area contributed by atoms with Gasteiger partial charge in [0, 0.05) is 12.1 Å². The third kappa shape index (κ3) is 4.69. The van der Waals surface area contributed by atoms with Crippen molar-refractivity contribution in [1.29, 1.82) is 0 Å². The fourth-order valence-corrected chi connectivity index (χ4v) is 2.32. The highest BCUT2D eigenvalue weighted by Crippen LogP contribution is 2.33. The summed E-state index contributed by atoms with van der Waals surface area (Å²) in [5, 5.41) is 0. The quantitative estimate of drug-likeness (QED) is 0.821. The molecule has 2 N–H and O–H groups in total. The molecule has 0 aliphatic carbocycles. The Labute approximate surface area is 136 Å². The first-order valence-corrected chi connectivity index (χ1v) is 7.60. The second kappa shape index (κ2) is 8.76. The molecule has 0 spiro atoms. The molecule has 23 heavy (non-hydrogen) atoms. The van der Waals surface area contributed by atoms with E-state index in [0.717, 1.165) is 16.7 Å². The molecular formula is C19H21NO3. The molecule has 0 amide bonds. The Morgan fingerprint density at radius 2 is 1.70 bits per heavy atom. The second-order valence-corrected chi connectivity index (χ2v) is 4.85. The Balaban J connectivity index is 2.41. The minimum atomic E-state index is -0.694. The molecule has 0 saturated carbocycles. The van der Waals surface area contributed by atoms with E-state index in [9.17, 15) is 4.79 Å². The van der Waals surface area contributed by atoms with Gasteiger partial charge in [0.25, 0.3) is 0 Å². The lowest BCUT2D eigenvalue weighted by atomic mass is 9.94. The summed E-state index contributed by atoms with van der Waals surface area (Å²) >= 11 is 0. The van der Waals surface area contributed by atoms with E-state index in [4.69, 9.17) is 15.2 Å². The fourth-order valence-electron chi connectivity index (χ4n) is 2.32. The Hall–Kier alpha value is -2.59. The molecule has 0 aromatic heterocycles. The number of nitrogens with two attached hydrogens (primary N) is 1. The van der Waals surface area contributed by atoms with Crippen LogP contribution in [-0.4, -0.2) is 19.3 Å². The van der Waals surface area contributed by atoms with E-state index < -0.39 is 12.3 Å². The minimum Gasteiger partial charge on any atom is -0.435 e. The Bertz CT molecular complexity index is 638. The molecule has 0 fully saturated rings. The molecule has 0 aliphatic heterocycles. The van der Waals surface area contributed by atoms with E-state index >= 15 is 0 Å². The first-order valence-electron chi connectivity index (χ1n) is 7.60. The number of carbonyl (C=O) groups excluding carboxylic acids is 1. The molecule has 120 valence electrons. The van der Waals surface area contributed by atoms with Crippen molar-refractivity contribution in [3.05, 3.63) is 77.9 Å². The normalized spacial score (nSPS) is 12.5. The topological polar surface area (TPSA) is 61.5 Å². The third-order valence-corrected chi connectivity index (χ3v) is 3.31. The first kappa shape index (κ1) is 16.8. The van der Waals surface area contributed by atoms with Crippen molar-refractivity contribution in [2.24, 2.45) is 5.73 Å². The first-order chi connectivity index (χ1) is 11.3. The van der Waals surface area contributed by atoms with Gasteiger partial charge in [0.2, 0.25) is 0 Å². The zero-order valence-corrected chi connectivity index (χ0v) is 13.1. The maximum atomic E-state index is 11.9. The van der Waals surface area contributed by atoms with Gasteiger partial charge in [-0.25, -0.2) is 4.79 Å². The van der Waals surface area contributed by atoms with Crippen LogP contribution in [0.3, 0.4) is 0 Å². The van der Waals surface area contributed by atoms with Gasteiger partial charge in [0.1, 0.15) is 0 Å². The Morgan fingerprint density at radius 3 is 2.26 bits per heavy atom. The highest BCUT2D eigenvalue weighted by atomic mass is 16.7. The van der Waals surface area contributed by atoms with Gasteiger partial charge in [-0.3, -0.25) is 0 Å². The van der Waals surface area contributed by atoms with E-state index in [1.807, 2.05) is 66.7 Å². The molecule has 2 rings (SSSR count). The zero-order chi connectivity index (χ0) is 16.5. The van der Waals surface area contributed by atoms with Gasteiger partial charge in [0.05, 0.1) is 6.61 Å². The summed E-state index contributed by atoms with van der Waals surface area (Å²) < 4.78 is 10.5. The number of ether oxygens (including phenoxy) is 2. The SMILES string of the molecule is CCOC(=O)OC(/C(=C/CN)c1ccccc1)c1ccccc1. The maximum Gasteiger partial charge on any atom is 0.509 e. The predicted octanol–water partition coefficient (Wildman–Crippen LogP) is 3.94. The van der Waals surface area contributed by atoms with Crippen LogP contribution in [0.15, 0.2) is 66.7 Å². The number of hydrogen-bond acceptors (Lipinski definition) is 4. The van der Waals surface area contributed by atoms with E-state index in [0.29, 0.717) is 6.54 Å².